The molecule has 1 aliphatic heterocycles. The van der Waals surface area contributed by atoms with Gasteiger partial charge < -0.3 is 14.6 Å². The first kappa shape index (κ1) is 20.0. The summed E-state index contributed by atoms with van der Waals surface area (Å²) in [7, 11) is 0. The number of anilines is 2. The molecule has 0 spiro atoms. The Balaban J connectivity index is 1.41. The summed E-state index contributed by atoms with van der Waals surface area (Å²) in [5.74, 6) is -0.268. The van der Waals surface area contributed by atoms with Gasteiger partial charge in [-0.25, -0.2) is 9.78 Å². The summed E-state index contributed by atoms with van der Waals surface area (Å²) in [5, 5.41) is 5.55. The smallest absolute Gasteiger partial charge is 0.416 e. The highest BCUT2D eigenvalue weighted by Crippen LogP contribution is 2.31. The van der Waals surface area contributed by atoms with Gasteiger partial charge in [0.1, 0.15) is 0 Å². The monoisotopic (exact) mass is 436 g/mol. The molecule has 3 heterocycles. The Morgan fingerprint density at radius 1 is 1.17 bits per heavy atom. The number of carbonyl (C=O) groups excluding carboxylic acids is 2. The lowest BCUT2D eigenvalue weighted by molar-refractivity contribution is -0.137. The number of benzene rings is 1. The summed E-state index contributed by atoms with van der Waals surface area (Å²) < 4.78 is 43.6. The second-order valence-corrected chi connectivity index (χ2v) is 7.58. The maximum Gasteiger partial charge on any atom is 0.416 e. The van der Waals surface area contributed by atoms with E-state index in [0.29, 0.717) is 18.1 Å². The van der Waals surface area contributed by atoms with Crippen LogP contribution in [0.3, 0.4) is 0 Å². The van der Waals surface area contributed by atoms with E-state index in [1.807, 2.05) is 0 Å². The number of hydrogen-bond acceptors (Lipinski definition) is 5. The summed E-state index contributed by atoms with van der Waals surface area (Å²) in [4.78, 5) is 31.2. The molecule has 0 radical (unpaired) electrons. The van der Waals surface area contributed by atoms with Crippen molar-refractivity contribution in [3.8, 4) is 0 Å². The summed E-state index contributed by atoms with van der Waals surface area (Å²) in [6.07, 6.45) is -2.62. The molecule has 0 bridgehead atoms. The minimum Gasteiger partial charge on any atom is -0.459 e. The molecule has 0 fully saturated rings. The van der Waals surface area contributed by atoms with Crippen LogP contribution in [0.5, 0.6) is 0 Å². The van der Waals surface area contributed by atoms with Gasteiger partial charge in [0.15, 0.2) is 10.9 Å². The van der Waals surface area contributed by atoms with E-state index in [1.54, 1.807) is 6.07 Å². The molecule has 2 N–H and O–H groups in total. The van der Waals surface area contributed by atoms with E-state index in [9.17, 15) is 22.8 Å². The first-order valence-corrected chi connectivity index (χ1v) is 9.68. The first-order valence-electron chi connectivity index (χ1n) is 8.86. The van der Waals surface area contributed by atoms with Gasteiger partial charge in [-0.15, -0.1) is 0 Å². The van der Waals surface area contributed by atoms with Gasteiger partial charge in [0.05, 0.1) is 24.1 Å². The number of fused-ring (bicyclic) bond motifs is 1. The highest BCUT2D eigenvalue weighted by Gasteiger charge is 2.31. The fourth-order valence-corrected chi connectivity index (χ4v) is 3.98. The molecule has 7 nitrogen and oxygen atoms in total. The number of rotatable bonds is 3. The summed E-state index contributed by atoms with van der Waals surface area (Å²) in [6.45, 7) is 0.599. The second kappa shape index (κ2) is 7.82. The van der Waals surface area contributed by atoms with Crippen LogP contribution in [0, 0.1) is 0 Å². The van der Waals surface area contributed by atoms with E-state index >= 15 is 0 Å². The van der Waals surface area contributed by atoms with E-state index in [-0.39, 0.29) is 18.0 Å². The maximum atomic E-state index is 12.8. The van der Waals surface area contributed by atoms with Gasteiger partial charge in [0, 0.05) is 23.5 Å². The summed E-state index contributed by atoms with van der Waals surface area (Å²) in [6, 6.07) is 7.10. The lowest BCUT2D eigenvalue weighted by atomic mass is 10.2. The van der Waals surface area contributed by atoms with Crippen molar-refractivity contribution in [2.75, 3.05) is 17.2 Å². The van der Waals surface area contributed by atoms with Crippen LogP contribution in [-0.2, 0) is 19.1 Å². The van der Waals surface area contributed by atoms with Gasteiger partial charge in [0.25, 0.3) is 5.91 Å². The normalized spacial score (nSPS) is 13.6. The number of alkyl halides is 3. The van der Waals surface area contributed by atoms with Crippen LogP contribution in [0.25, 0.3) is 0 Å². The molecular formula is C19H15F3N4O3S. The van der Waals surface area contributed by atoms with Crippen molar-refractivity contribution < 1.29 is 27.2 Å². The molecule has 0 saturated heterocycles. The van der Waals surface area contributed by atoms with Gasteiger partial charge >= 0.3 is 12.2 Å². The number of urea groups is 1. The minimum absolute atomic E-state index is 0.0660. The van der Waals surface area contributed by atoms with Crippen molar-refractivity contribution in [3.05, 3.63) is 64.6 Å². The predicted molar refractivity (Wildman–Crippen MR) is 103 cm³/mol. The predicted octanol–water partition coefficient (Wildman–Crippen LogP) is 4.60. The van der Waals surface area contributed by atoms with Crippen LogP contribution in [-0.4, -0.2) is 28.4 Å². The number of nitrogens with one attached hydrogen (secondary N) is 2. The van der Waals surface area contributed by atoms with Crippen LogP contribution in [0.4, 0.5) is 28.8 Å². The van der Waals surface area contributed by atoms with Gasteiger partial charge in [-0.3, -0.25) is 10.1 Å². The Kier molecular flexibility index (Phi) is 5.20. The molecule has 3 aromatic rings. The molecule has 156 valence electrons. The largest absolute Gasteiger partial charge is 0.459 e. The Labute approximate surface area is 172 Å². The SMILES string of the molecule is O=C(Nc1nc2c(s1)CN(C(=O)Nc1cccc(C(F)(F)F)c1)CC2)c1ccco1. The van der Waals surface area contributed by atoms with E-state index in [0.717, 1.165) is 22.7 Å². The van der Waals surface area contributed by atoms with E-state index in [1.165, 1.54) is 40.7 Å². The van der Waals surface area contributed by atoms with Gasteiger partial charge in [-0.2, -0.15) is 13.2 Å². The Morgan fingerprint density at radius 3 is 2.73 bits per heavy atom. The molecule has 4 rings (SSSR count). The number of hydrogen-bond donors (Lipinski definition) is 2. The summed E-state index contributed by atoms with van der Waals surface area (Å²) in [5.41, 5.74) is 0.00909. The third kappa shape index (κ3) is 4.30. The van der Waals surface area contributed by atoms with Crippen molar-refractivity contribution in [1.29, 1.82) is 0 Å². The van der Waals surface area contributed by atoms with Gasteiger partial charge in [-0.1, -0.05) is 17.4 Å². The van der Waals surface area contributed by atoms with Crippen LogP contribution < -0.4 is 10.6 Å². The number of halogens is 3. The number of thiazole rings is 1. The Hall–Kier alpha value is -3.34. The molecule has 1 aromatic carbocycles. The van der Waals surface area contributed by atoms with Crippen LogP contribution in [0.15, 0.2) is 47.1 Å². The zero-order valence-corrected chi connectivity index (χ0v) is 16.1. The zero-order chi connectivity index (χ0) is 21.3. The molecular weight excluding hydrogens is 421 g/mol. The van der Waals surface area contributed by atoms with Crippen LogP contribution in [0.2, 0.25) is 0 Å². The quantitative estimate of drug-likeness (QED) is 0.628. The van der Waals surface area contributed by atoms with E-state index in [4.69, 9.17) is 4.42 Å². The van der Waals surface area contributed by atoms with Crippen molar-refractivity contribution >= 4 is 34.1 Å². The molecule has 30 heavy (non-hydrogen) atoms. The maximum absolute atomic E-state index is 12.8. The highest BCUT2D eigenvalue weighted by molar-refractivity contribution is 7.15. The Bertz CT molecular complexity index is 1080. The van der Waals surface area contributed by atoms with Gasteiger partial charge in [0.2, 0.25) is 0 Å². The third-order valence-electron chi connectivity index (χ3n) is 4.43. The number of nitrogens with zero attached hydrogens (tertiary/aromatic N) is 2. The number of furan rings is 1. The third-order valence-corrected chi connectivity index (χ3v) is 5.42. The Morgan fingerprint density at radius 2 is 2.00 bits per heavy atom. The average Bonchev–Trinajstić information content (AvgIpc) is 3.36. The van der Waals surface area contributed by atoms with Gasteiger partial charge in [-0.05, 0) is 30.3 Å². The van der Waals surface area contributed by atoms with Crippen LogP contribution >= 0.6 is 11.3 Å². The second-order valence-electron chi connectivity index (χ2n) is 6.50. The molecule has 11 heteroatoms. The molecule has 0 atom stereocenters. The minimum atomic E-state index is -4.49. The van der Waals surface area contributed by atoms with Crippen molar-refractivity contribution in [3.63, 3.8) is 0 Å². The molecule has 0 unspecified atom stereocenters. The highest BCUT2D eigenvalue weighted by atomic mass is 32.1. The molecule has 0 aliphatic carbocycles. The summed E-state index contributed by atoms with van der Waals surface area (Å²) >= 11 is 1.24. The van der Waals surface area contributed by atoms with Crippen molar-refractivity contribution in [2.45, 2.75) is 19.1 Å². The zero-order valence-electron chi connectivity index (χ0n) is 15.3. The van der Waals surface area contributed by atoms with E-state index < -0.39 is 23.7 Å². The average molecular weight is 436 g/mol. The number of carbonyl (C=O) groups is 2. The number of amides is 3. The fourth-order valence-electron chi connectivity index (χ4n) is 2.96. The molecule has 3 amide bonds. The molecule has 0 saturated carbocycles. The molecule has 1 aliphatic rings. The first-order chi connectivity index (χ1) is 14.3. The fraction of sp³-hybridized carbons (Fsp3) is 0.211. The molecule has 2 aromatic heterocycles. The topological polar surface area (TPSA) is 87.5 Å². The number of aromatic nitrogens is 1. The lowest BCUT2D eigenvalue weighted by Gasteiger charge is -2.26. The van der Waals surface area contributed by atoms with Crippen molar-refractivity contribution in [1.82, 2.24) is 9.88 Å². The van der Waals surface area contributed by atoms with Crippen LogP contribution in [0.1, 0.15) is 26.7 Å². The van der Waals surface area contributed by atoms with Crippen molar-refractivity contribution in [2.24, 2.45) is 0 Å². The lowest BCUT2D eigenvalue weighted by Crippen LogP contribution is -2.38. The standard InChI is InChI=1S/C19H15F3N4O3S/c20-19(21,22)11-3-1-4-12(9-11)23-18(28)26-7-6-13-15(10-26)30-17(24-13)25-16(27)14-5-2-8-29-14/h1-5,8-9H,6-7,10H2,(H,23,28)(H,24,25,27). The van der Waals surface area contributed by atoms with E-state index in [2.05, 4.69) is 15.6 Å².